The molecule has 0 aromatic rings. The Bertz CT molecular complexity index is 880. The van der Waals surface area contributed by atoms with Crippen molar-refractivity contribution in [1.82, 2.24) is 0 Å². The molecule has 0 saturated heterocycles. The second-order valence-electron chi connectivity index (χ2n) is 15.5. The molecule has 6 heteroatoms. The first-order valence-corrected chi connectivity index (χ1v) is 25.5. The summed E-state index contributed by atoms with van der Waals surface area (Å²) in [4.78, 5) is 0. The number of fused-ring (bicyclic) bond motifs is 4. The van der Waals surface area contributed by atoms with Gasteiger partial charge in [-0.3, -0.25) is 0 Å². The summed E-state index contributed by atoms with van der Waals surface area (Å²) in [5.41, 5.74) is 7.38. The lowest BCUT2D eigenvalue weighted by atomic mass is 9.91. The average Bonchev–Trinajstić information content (AvgIpc) is 3.66. The molecule has 2 N–H and O–H groups in total. The molecule has 0 aromatic carbocycles. The summed E-state index contributed by atoms with van der Waals surface area (Å²) in [6.45, 7) is 21.7. The van der Waals surface area contributed by atoms with Crippen molar-refractivity contribution in [2.45, 2.75) is 141 Å². The third-order valence-corrected chi connectivity index (χ3v) is 22.9. The lowest BCUT2D eigenvalue weighted by Crippen LogP contribution is -2.71. The Morgan fingerprint density at radius 1 is 0.684 bits per heavy atom. The van der Waals surface area contributed by atoms with Crippen LogP contribution >= 0.6 is 0 Å². The predicted octanol–water partition coefficient (Wildman–Crippen LogP) is 9.05. The number of hydrogen-bond acceptors (Lipinski definition) is 3. The van der Waals surface area contributed by atoms with Gasteiger partial charge in [0.05, 0.1) is 10.6 Å². The normalized spacial score (nSPS) is 32.5. The van der Waals surface area contributed by atoms with Crippen molar-refractivity contribution in [2.75, 3.05) is 0 Å². The Labute approximate surface area is 239 Å². The van der Waals surface area contributed by atoms with E-state index in [1.807, 2.05) is 0 Å². The van der Waals surface area contributed by atoms with Crippen LogP contribution in [0.5, 0.6) is 0 Å². The molecule has 0 radical (unpaired) electrons. The molecule has 4 aliphatic carbocycles. The molecule has 7 unspecified atom stereocenters. The minimum Gasteiger partial charge on any atom is -0.412 e. The van der Waals surface area contributed by atoms with Gasteiger partial charge in [-0.15, -0.1) is 0 Å². The van der Waals surface area contributed by atoms with Gasteiger partial charge < -0.3 is 14.6 Å². The van der Waals surface area contributed by atoms with E-state index in [1.165, 1.54) is 50.6 Å². The van der Waals surface area contributed by atoms with Crippen LogP contribution in [0.4, 0.5) is 0 Å². The number of hydrogen-bond donors (Lipinski definition) is 1. The van der Waals surface area contributed by atoms with Gasteiger partial charge in [0.25, 0.3) is 0 Å². The molecule has 2 saturated carbocycles. The smallest absolute Gasteiger partial charge is 0.218 e. The Morgan fingerprint density at radius 2 is 1.18 bits per heavy atom. The van der Waals surface area contributed by atoms with Crippen molar-refractivity contribution in [2.24, 2.45) is 41.2 Å². The zero-order valence-electron chi connectivity index (χ0n) is 26.4. The van der Waals surface area contributed by atoms with E-state index in [1.54, 1.807) is 0 Å². The minimum absolute atomic E-state index is 0.170. The Kier molecular flexibility index (Phi) is 9.25. The third-order valence-electron chi connectivity index (χ3n) is 11.9. The van der Waals surface area contributed by atoms with E-state index in [0.29, 0.717) is 0 Å². The van der Waals surface area contributed by atoms with Crippen LogP contribution in [0.15, 0.2) is 24.3 Å². The van der Waals surface area contributed by atoms with Crippen LogP contribution in [0.2, 0.25) is 51.4 Å². The molecule has 4 rings (SSSR count). The molecule has 0 aliphatic heterocycles. The van der Waals surface area contributed by atoms with Gasteiger partial charge in [0.1, 0.15) is 8.07 Å². The van der Waals surface area contributed by atoms with E-state index >= 15 is 0 Å². The zero-order chi connectivity index (χ0) is 28.0. The topological polar surface area (TPSA) is 44.5 Å². The van der Waals surface area contributed by atoms with Crippen LogP contribution < -0.4 is 5.73 Å². The fraction of sp³-hybridized carbons (Fsp3) is 0.875. The first-order valence-electron chi connectivity index (χ1n) is 16.2. The molecule has 7 atom stereocenters. The minimum atomic E-state index is -2.31. The maximum Gasteiger partial charge on any atom is 0.218 e. The van der Waals surface area contributed by atoms with Gasteiger partial charge in [-0.1, -0.05) is 77.1 Å². The van der Waals surface area contributed by atoms with Crippen molar-refractivity contribution >= 4 is 24.7 Å². The Hall–Kier alpha value is 0.0106. The maximum absolute atomic E-state index is 7.42. The lowest BCUT2D eigenvalue weighted by Gasteiger charge is -2.54. The highest BCUT2D eigenvalue weighted by molar-refractivity contribution is 6.82. The van der Waals surface area contributed by atoms with Gasteiger partial charge in [-0.2, -0.15) is 0 Å². The summed E-state index contributed by atoms with van der Waals surface area (Å²) in [5.74, 6) is 5.13. The molecule has 0 spiro atoms. The number of nitrogens with two attached hydrogens (primary N) is 1. The molecule has 218 valence electrons. The summed E-state index contributed by atoms with van der Waals surface area (Å²) in [7, 11) is -6.02. The molecular formula is C32H61NO2Si3. The molecular weight excluding hydrogens is 515 g/mol. The summed E-state index contributed by atoms with van der Waals surface area (Å²) < 4.78 is 14.8. The SMILES string of the molecule is CCC(N)(O[Si](C)(C)C(CC)(CC)O[Si](C)(C)CCC1CC2C=CC1C2)[Si](C)(C)CCC1CC2C=CC1C2. The van der Waals surface area contributed by atoms with E-state index in [9.17, 15) is 0 Å². The first kappa shape index (κ1) is 31.0. The molecule has 3 nitrogen and oxygen atoms in total. The van der Waals surface area contributed by atoms with Gasteiger partial charge in [0, 0.05) is 0 Å². The second-order valence-corrected chi connectivity index (χ2v) is 28.9. The van der Waals surface area contributed by atoms with Gasteiger partial charge in [0.15, 0.2) is 8.32 Å². The van der Waals surface area contributed by atoms with Crippen LogP contribution in [-0.4, -0.2) is 35.3 Å². The maximum atomic E-state index is 7.42. The van der Waals surface area contributed by atoms with Gasteiger partial charge >= 0.3 is 0 Å². The molecule has 2 fully saturated rings. The Balaban J connectivity index is 1.42. The van der Waals surface area contributed by atoms with Crippen LogP contribution in [0.25, 0.3) is 0 Å². The van der Waals surface area contributed by atoms with E-state index < -0.39 is 30.1 Å². The largest absolute Gasteiger partial charge is 0.412 e. The molecule has 4 aliphatic rings. The van der Waals surface area contributed by atoms with Crippen LogP contribution in [-0.2, 0) is 8.85 Å². The van der Waals surface area contributed by atoms with Crippen molar-refractivity contribution in [3.63, 3.8) is 0 Å². The first-order chi connectivity index (χ1) is 17.7. The highest BCUT2D eigenvalue weighted by Crippen LogP contribution is 2.48. The quantitative estimate of drug-likeness (QED) is 0.120. The average molecular weight is 576 g/mol. The lowest BCUT2D eigenvalue weighted by molar-refractivity contribution is 0.0564. The van der Waals surface area contributed by atoms with Crippen molar-refractivity contribution in [1.29, 1.82) is 0 Å². The molecule has 0 amide bonds. The number of rotatable bonds is 15. The zero-order valence-corrected chi connectivity index (χ0v) is 29.4. The summed E-state index contributed by atoms with van der Waals surface area (Å²) >= 11 is 0. The second kappa shape index (κ2) is 11.4. The Morgan fingerprint density at radius 3 is 1.58 bits per heavy atom. The fourth-order valence-corrected chi connectivity index (χ4v) is 20.5. The molecule has 0 heterocycles. The van der Waals surface area contributed by atoms with E-state index in [-0.39, 0.29) is 5.22 Å². The summed E-state index contributed by atoms with van der Waals surface area (Å²) in [6.07, 6.45) is 21.2. The molecule has 0 aromatic heterocycles. The third kappa shape index (κ3) is 6.11. The summed E-state index contributed by atoms with van der Waals surface area (Å²) in [5, 5.41) is -0.660. The van der Waals surface area contributed by atoms with Crippen LogP contribution in [0, 0.1) is 35.5 Å². The van der Waals surface area contributed by atoms with E-state index in [0.717, 1.165) is 54.8 Å². The van der Waals surface area contributed by atoms with Gasteiger partial charge in [-0.05, 0) is 113 Å². The van der Waals surface area contributed by atoms with Gasteiger partial charge in [-0.25, -0.2) is 0 Å². The molecule has 38 heavy (non-hydrogen) atoms. The monoisotopic (exact) mass is 575 g/mol. The van der Waals surface area contributed by atoms with Gasteiger partial charge in [0.2, 0.25) is 8.32 Å². The predicted molar refractivity (Wildman–Crippen MR) is 172 cm³/mol. The van der Waals surface area contributed by atoms with Crippen molar-refractivity contribution in [3.05, 3.63) is 24.3 Å². The molecule has 4 bridgehead atoms. The highest BCUT2D eigenvalue weighted by atomic mass is 28.4. The van der Waals surface area contributed by atoms with Crippen molar-refractivity contribution < 1.29 is 8.85 Å². The fourth-order valence-electron chi connectivity index (χ4n) is 8.93. The van der Waals surface area contributed by atoms with Crippen LogP contribution in [0.1, 0.15) is 78.6 Å². The standard InChI is InChI=1S/C32H61NO2Si3/c1-10-31(11-2,34-37(6,7)20-18-30-24-26-14-16-28(30)22-26)38(8,9)35-32(33,12-3)36(4,5)19-17-29-23-25-13-15-27(29)21-25/h13-16,25-30H,10-12,17-24,33H2,1-9H3. The summed E-state index contributed by atoms with van der Waals surface area (Å²) in [6, 6.07) is 2.54. The highest BCUT2D eigenvalue weighted by Gasteiger charge is 2.56. The van der Waals surface area contributed by atoms with E-state index in [4.69, 9.17) is 14.6 Å². The van der Waals surface area contributed by atoms with E-state index in [2.05, 4.69) is 84.4 Å². The van der Waals surface area contributed by atoms with Crippen LogP contribution in [0.3, 0.4) is 0 Å². The number of allylic oxidation sites excluding steroid dienone is 4. The van der Waals surface area contributed by atoms with Crippen molar-refractivity contribution in [3.8, 4) is 0 Å².